The van der Waals surface area contributed by atoms with Crippen molar-refractivity contribution in [2.24, 2.45) is 0 Å². The van der Waals surface area contributed by atoms with E-state index in [0.29, 0.717) is 0 Å². The molecular formula is C24H42O6. The van der Waals surface area contributed by atoms with E-state index >= 15 is 0 Å². The van der Waals surface area contributed by atoms with E-state index in [2.05, 4.69) is 23.8 Å². The number of carboxylic acid groups (broad SMARTS) is 1. The quantitative estimate of drug-likeness (QED) is 0.155. The molecule has 0 spiro atoms. The molecule has 0 bridgehead atoms. The number of hydrogen-bond acceptors (Lipinski definition) is 5. The van der Waals surface area contributed by atoms with Gasteiger partial charge in [0.25, 0.3) is 0 Å². The Morgan fingerprint density at radius 3 is 1.77 bits per heavy atom. The van der Waals surface area contributed by atoms with Gasteiger partial charge in [0.2, 0.25) is 0 Å². The van der Waals surface area contributed by atoms with Gasteiger partial charge in [0.15, 0.2) is 12.2 Å². The molecule has 174 valence electrons. The molecule has 0 heterocycles. The zero-order valence-corrected chi connectivity index (χ0v) is 19.2. The molecule has 0 fully saturated rings. The van der Waals surface area contributed by atoms with Crippen molar-refractivity contribution in [2.75, 3.05) is 0 Å². The molecule has 6 nitrogen and oxygen atoms in total. The second-order valence-corrected chi connectivity index (χ2v) is 7.88. The Kier molecular flexibility index (Phi) is 18.0. The largest absolute Gasteiger partial charge is 0.479 e. The summed E-state index contributed by atoms with van der Waals surface area (Å²) in [5.74, 6) is -2.54. The summed E-state index contributed by atoms with van der Waals surface area (Å²) in [4.78, 5) is 34.1. The number of hydrogen-bond donors (Lipinski definition) is 1. The van der Waals surface area contributed by atoms with Gasteiger partial charge in [-0.2, -0.15) is 0 Å². The molecule has 0 aromatic heterocycles. The van der Waals surface area contributed by atoms with E-state index in [4.69, 9.17) is 9.84 Å². The van der Waals surface area contributed by atoms with Gasteiger partial charge in [-0.15, -0.1) is 0 Å². The topological polar surface area (TPSA) is 89.9 Å². The SMILES string of the molecule is CCCCCCCC/C=C\CCCCCCCC(=O)OC(C)C(=O)OC(C)C(=O)O. The second-order valence-electron chi connectivity index (χ2n) is 7.88. The van der Waals surface area contributed by atoms with Gasteiger partial charge in [-0.3, -0.25) is 4.79 Å². The van der Waals surface area contributed by atoms with Crippen LogP contribution in [0, 0.1) is 0 Å². The number of carbonyl (C=O) groups excluding carboxylic acids is 2. The molecule has 0 aromatic carbocycles. The van der Waals surface area contributed by atoms with Crippen LogP contribution in [0.25, 0.3) is 0 Å². The lowest BCUT2D eigenvalue weighted by atomic mass is 10.1. The van der Waals surface area contributed by atoms with Gasteiger partial charge in [-0.25, -0.2) is 9.59 Å². The third kappa shape index (κ3) is 17.0. The highest BCUT2D eigenvalue weighted by molar-refractivity contribution is 5.82. The van der Waals surface area contributed by atoms with Crippen molar-refractivity contribution in [1.29, 1.82) is 0 Å². The smallest absolute Gasteiger partial charge is 0.347 e. The highest BCUT2D eigenvalue weighted by atomic mass is 16.6. The zero-order chi connectivity index (χ0) is 22.6. The highest BCUT2D eigenvalue weighted by Crippen LogP contribution is 2.11. The van der Waals surface area contributed by atoms with Crippen molar-refractivity contribution in [3.05, 3.63) is 12.2 Å². The summed E-state index contributed by atoms with van der Waals surface area (Å²) in [7, 11) is 0. The van der Waals surface area contributed by atoms with Gasteiger partial charge in [0, 0.05) is 6.42 Å². The van der Waals surface area contributed by atoms with Crippen LogP contribution >= 0.6 is 0 Å². The minimum Gasteiger partial charge on any atom is -0.479 e. The van der Waals surface area contributed by atoms with E-state index in [9.17, 15) is 14.4 Å². The molecule has 0 rings (SSSR count). The lowest BCUT2D eigenvalue weighted by Gasteiger charge is -2.14. The van der Waals surface area contributed by atoms with Crippen molar-refractivity contribution >= 4 is 17.9 Å². The number of aliphatic carboxylic acids is 1. The van der Waals surface area contributed by atoms with Crippen molar-refractivity contribution in [3.63, 3.8) is 0 Å². The lowest BCUT2D eigenvalue weighted by Crippen LogP contribution is -2.32. The molecule has 0 aliphatic carbocycles. The van der Waals surface area contributed by atoms with E-state index in [1.807, 2.05) is 0 Å². The summed E-state index contributed by atoms with van der Waals surface area (Å²) >= 11 is 0. The Morgan fingerprint density at radius 2 is 1.23 bits per heavy atom. The van der Waals surface area contributed by atoms with Crippen LogP contribution < -0.4 is 0 Å². The number of rotatable bonds is 19. The fourth-order valence-electron chi connectivity index (χ4n) is 2.96. The van der Waals surface area contributed by atoms with Crippen LogP contribution in [0.3, 0.4) is 0 Å². The van der Waals surface area contributed by atoms with Crippen molar-refractivity contribution in [3.8, 4) is 0 Å². The molecule has 30 heavy (non-hydrogen) atoms. The Labute approximate surface area is 182 Å². The molecule has 0 radical (unpaired) electrons. The van der Waals surface area contributed by atoms with Gasteiger partial charge >= 0.3 is 17.9 Å². The Morgan fingerprint density at radius 1 is 0.733 bits per heavy atom. The zero-order valence-electron chi connectivity index (χ0n) is 19.2. The number of unbranched alkanes of at least 4 members (excludes halogenated alkanes) is 11. The van der Waals surface area contributed by atoms with E-state index in [1.54, 1.807) is 0 Å². The number of carboxylic acids is 1. The molecule has 0 amide bonds. The van der Waals surface area contributed by atoms with Crippen LogP contribution in [0.1, 0.15) is 111 Å². The van der Waals surface area contributed by atoms with Crippen LogP contribution in [-0.4, -0.2) is 35.2 Å². The van der Waals surface area contributed by atoms with Gasteiger partial charge in [-0.1, -0.05) is 70.4 Å². The maximum absolute atomic E-state index is 11.8. The first-order valence-corrected chi connectivity index (χ1v) is 11.7. The number of ether oxygens (including phenoxy) is 2. The van der Waals surface area contributed by atoms with Gasteiger partial charge in [0.1, 0.15) is 0 Å². The minimum absolute atomic E-state index is 0.254. The van der Waals surface area contributed by atoms with Gasteiger partial charge < -0.3 is 14.6 Å². The normalized spacial score (nSPS) is 13.2. The maximum Gasteiger partial charge on any atom is 0.347 e. The fourth-order valence-corrected chi connectivity index (χ4v) is 2.96. The molecule has 0 aromatic rings. The van der Waals surface area contributed by atoms with Gasteiger partial charge in [-0.05, 0) is 46.0 Å². The summed E-state index contributed by atoms with van der Waals surface area (Å²) in [6, 6.07) is 0. The first-order valence-electron chi connectivity index (χ1n) is 11.7. The van der Waals surface area contributed by atoms with Crippen LogP contribution in [0.15, 0.2) is 12.2 Å². The van der Waals surface area contributed by atoms with Crippen LogP contribution in [0.4, 0.5) is 0 Å². The average Bonchev–Trinajstić information content (AvgIpc) is 2.70. The average molecular weight is 427 g/mol. The van der Waals surface area contributed by atoms with Crippen LogP contribution in [0.2, 0.25) is 0 Å². The molecule has 0 saturated carbocycles. The third-order valence-corrected chi connectivity index (χ3v) is 4.92. The first kappa shape index (κ1) is 28.1. The number of carbonyl (C=O) groups is 3. The van der Waals surface area contributed by atoms with E-state index in [-0.39, 0.29) is 6.42 Å². The maximum atomic E-state index is 11.8. The molecule has 2 unspecified atom stereocenters. The van der Waals surface area contributed by atoms with Crippen molar-refractivity contribution in [2.45, 2.75) is 123 Å². The predicted octanol–water partition coefficient (Wildman–Crippen LogP) is 5.97. The van der Waals surface area contributed by atoms with Crippen molar-refractivity contribution < 1.29 is 29.0 Å². The van der Waals surface area contributed by atoms with Crippen molar-refractivity contribution in [1.82, 2.24) is 0 Å². The Hall–Kier alpha value is -1.85. The first-order chi connectivity index (χ1) is 14.4. The fraction of sp³-hybridized carbons (Fsp3) is 0.792. The summed E-state index contributed by atoms with van der Waals surface area (Å²) in [5.41, 5.74) is 0. The van der Waals surface area contributed by atoms with E-state index < -0.39 is 30.1 Å². The molecule has 0 saturated heterocycles. The number of allylic oxidation sites excluding steroid dienone is 2. The summed E-state index contributed by atoms with van der Waals surface area (Å²) in [6.45, 7) is 4.88. The number of esters is 2. The minimum atomic E-state index is -1.26. The van der Waals surface area contributed by atoms with Crippen LogP contribution in [0.5, 0.6) is 0 Å². The molecule has 2 atom stereocenters. The molecule has 1 N–H and O–H groups in total. The molecule has 0 aliphatic rings. The Bertz CT molecular complexity index is 500. The van der Waals surface area contributed by atoms with E-state index in [0.717, 1.165) is 32.1 Å². The lowest BCUT2D eigenvalue weighted by molar-refractivity contribution is -0.174. The molecule has 6 heteroatoms. The van der Waals surface area contributed by atoms with Crippen LogP contribution in [-0.2, 0) is 23.9 Å². The van der Waals surface area contributed by atoms with E-state index in [1.165, 1.54) is 65.2 Å². The summed E-state index contributed by atoms with van der Waals surface area (Å²) < 4.78 is 9.68. The second kappa shape index (κ2) is 19.1. The predicted molar refractivity (Wildman–Crippen MR) is 118 cm³/mol. The van der Waals surface area contributed by atoms with Gasteiger partial charge in [0.05, 0.1) is 0 Å². The Balaban J connectivity index is 3.55. The summed E-state index contributed by atoms with van der Waals surface area (Å²) in [6.07, 6.45) is 17.9. The monoisotopic (exact) mass is 426 g/mol. The summed E-state index contributed by atoms with van der Waals surface area (Å²) in [5, 5.41) is 8.71. The molecule has 0 aliphatic heterocycles. The third-order valence-electron chi connectivity index (χ3n) is 4.92. The highest BCUT2D eigenvalue weighted by Gasteiger charge is 2.23. The standard InChI is InChI=1S/C24H42O6/c1-4-5-6-7-8-9-10-11-12-13-14-15-16-17-18-19-22(25)29-21(3)24(28)30-20(2)23(26)27/h11-12,20-21H,4-10,13-19H2,1-3H3,(H,26,27)/b12-11-. The molecular weight excluding hydrogens is 384 g/mol.